The number of nitrogens with zero attached hydrogens (tertiary/aromatic N) is 2. The summed E-state index contributed by atoms with van der Waals surface area (Å²) < 4.78 is 26.2. The molecule has 0 aromatic heterocycles. The first-order valence-electron chi connectivity index (χ1n) is 10.4. The fourth-order valence-electron chi connectivity index (χ4n) is 3.29. The summed E-state index contributed by atoms with van der Waals surface area (Å²) in [4.78, 5) is 27.5. The van der Waals surface area contributed by atoms with Gasteiger partial charge >= 0.3 is 0 Å². The van der Waals surface area contributed by atoms with E-state index in [4.69, 9.17) is 23.2 Å². The van der Waals surface area contributed by atoms with Crippen LogP contribution >= 0.6 is 23.2 Å². The molecule has 33 heavy (non-hydrogen) atoms. The molecule has 0 saturated carbocycles. The molecule has 0 unspecified atom stereocenters. The van der Waals surface area contributed by atoms with E-state index in [1.165, 1.54) is 4.90 Å². The molecule has 10 heteroatoms. The predicted molar refractivity (Wildman–Crippen MR) is 133 cm³/mol. The Balaban J connectivity index is 2.44. The monoisotopic (exact) mass is 513 g/mol. The second-order valence-corrected chi connectivity index (χ2v) is 10.9. The van der Waals surface area contributed by atoms with Gasteiger partial charge in [0.2, 0.25) is 21.8 Å². The summed E-state index contributed by atoms with van der Waals surface area (Å²) in [6, 6.07) is 10.8. The average Bonchev–Trinajstić information content (AvgIpc) is 2.70. The molecule has 0 spiro atoms. The highest BCUT2D eigenvalue weighted by Gasteiger charge is 2.31. The van der Waals surface area contributed by atoms with Crippen molar-refractivity contribution < 1.29 is 18.0 Å². The van der Waals surface area contributed by atoms with Crippen LogP contribution in [0.15, 0.2) is 42.5 Å². The van der Waals surface area contributed by atoms with Crippen LogP contribution in [-0.2, 0) is 26.2 Å². The maximum absolute atomic E-state index is 13.5. The quantitative estimate of drug-likeness (QED) is 0.548. The Morgan fingerprint density at radius 1 is 1.06 bits per heavy atom. The first-order chi connectivity index (χ1) is 15.3. The van der Waals surface area contributed by atoms with E-state index in [-0.39, 0.29) is 18.5 Å². The number of aryl methyl sites for hydroxylation is 1. The minimum Gasteiger partial charge on any atom is -0.352 e. The Bertz CT molecular complexity index is 1120. The van der Waals surface area contributed by atoms with Gasteiger partial charge < -0.3 is 10.2 Å². The third-order valence-electron chi connectivity index (χ3n) is 5.00. The molecule has 0 radical (unpaired) electrons. The molecule has 0 aliphatic rings. The summed E-state index contributed by atoms with van der Waals surface area (Å²) in [5, 5.41) is 3.70. The van der Waals surface area contributed by atoms with Crippen LogP contribution in [0, 0.1) is 6.92 Å². The molecule has 1 atom stereocenters. The van der Waals surface area contributed by atoms with Gasteiger partial charge in [-0.15, -0.1) is 0 Å². The SMILES string of the molecule is Cc1cc(Cl)ccc1N(CC(=O)N(Cc1ccccc1Cl)[C@@H](C)C(=O)NC(C)C)S(C)(=O)=O. The summed E-state index contributed by atoms with van der Waals surface area (Å²) in [6.45, 7) is 6.52. The van der Waals surface area contributed by atoms with Crippen LogP contribution in [-0.4, -0.2) is 50.0 Å². The lowest BCUT2D eigenvalue weighted by Crippen LogP contribution is -2.52. The zero-order valence-electron chi connectivity index (χ0n) is 19.3. The van der Waals surface area contributed by atoms with Crippen molar-refractivity contribution in [3.8, 4) is 0 Å². The van der Waals surface area contributed by atoms with Gasteiger partial charge in [0, 0.05) is 22.6 Å². The first kappa shape index (κ1) is 27.0. The number of anilines is 1. The van der Waals surface area contributed by atoms with Gasteiger partial charge in [0.05, 0.1) is 11.9 Å². The van der Waals surface area contributed by atoms with Crippen LogP contribution in [0.4, 0.5) is 5.69 Å². The molecule has 0 saturated heterocycles. The van der Waals surface area contributed by atoms with Crippen molar-refractivity contribution in [2.75, 3.05) is 17.1 Å². The topological polar surface area (TPSA) is 86.8 Å². The standard InChI is InChI=1S/C23H29Cl2N3O4S/c1-15(2)26-23(30)17(4)27(13-18-8-6-7-9-20(18)25)22(29)14-28(33(5,31)32)21-11-10-19(24)12-16(21)3/h6-12,15,17H,13-14H2,1-5H3,(H,26,30)/t17-/m0/s1. The van der Waals surface area contributed by atoms with Gasteiger partial charge in [-0.05, 0) is 63.1 Å². The Kier molecular flexibility index (Phi) is 9.17. The fourth-order valence-corrected chi connectivity index (χ4v) is 4.62. The van der Waals surface area contributed by atoms with E-state index in [2.05, 4.69) is 5.32 Å². The van der Waals surface area contributed by atoms with Gasteiger partial charge in [-0.25, -0.2) is 8.42 Å². The largest absolute Gasteiger partial charge is 0.352 e. The van der Waals surface area contributed by atoms with Crippen LogP contribution in [0.5, 0.6) is 0 Å². The van der Waals surface area contributed by atoms with Crippen LogP contribution < -0.4 is 9.62 Å². The number of hydrogen-bond donors (Lipinski definition) is 1. The molecule has 7 nitrogen and oxygen atoms in total. The van der Waals surface area contributed by atoms with Crippen LogP contribution in [0.3, 0.4) is 0 Å². The second kappa shape index (κ2) is 11.2. The van der Waals surface area contributed by atoms with E-state index in [1.807, 2.05) is 13.8 Å². The lowest BCUT2D eigenvalue weighted by molar-refractivity contribution is -0.139. The number of hydrogen-bond acceptors (Lipinski definition) is 4. The maximum atomic E-state index is 13.5. The molecule has 0 fully saturated rings. The van der Waals surface area contributed by atoms with Gasteiger partial charge in [-0.3, -0.25) is 13.9 Å². The molecule has 0 heterocycles. The molecule has 0 bridgehead atoms. The molecule has 0 aliphatic heterocycles. The molecule has 2 rings (SSSR count). The van der Waals surface area contributed by atoms with E-state index in [0.29, 0.717) is 26.9 Å². The maximum Gasteiger partial charge on any atom is 0.244 e. The minimum absolute atomic E-state index is 0.0440. The summed E-state index contributed by atoms with van der Waals surface area (Å²) in [5.74, 6) is -0.889. The van der Waals surface area contributed by atoms with E-state index in [1.54, 1.807) is 56.3 Å². The van der Waals surface area contributed by atoms with Crippen molar-refractivity contribution >= 4 is 50.7 Å². The number of amides is 2. The number of nitrogens with one attached hydrogen (secondary N) is 1. The van der Waals surface area contributed by atoms with E-state index in [9.17, 15) is 18.0 Å². The fraction of sp³-hybridized carbons (Fsp3) is 0.391. The van der Waals surface area contributed by atoms with E-state index >= 15 is 0 Å². The lowest BCUT2D eigenvalue weighted by Gasteiger charge is -2.32. The highest BCUT2D eigenvalue weighted by molar-refractivity contribution is 7.92. The van der Waals surface area contributed by atoms with Gasteiger partial charge in [0.25, 0.3) is 0 Å². The van der Waals surface area contributed by atoms with Crippen LogP contribution in [0.1, 0.15) is 31.9 Å². The lowest BCUT2D eigenvalue weighted by atomic mass is 10.1. The van der Waals surface area contributed by atoms with E-state index < -0.39 is 28.5 Å². The van der Waals surface area contributed by atoms with Gasteiger partial charge in [0.1, 0.15) is 12.6 Å². The van der Waals surface area contributed by atoms with Gasteiger partial charge in [-0.2, -0.15) is 0 Å². The Morgan fingerprint density at radius 3 is 2.24 bits per heavy atom. The number of halogens is 2. The van der Waals surface area contributed by atoms with Gasteiger partial charge in [0.15, 0.2) is 0 Å². The number of carbonyl (C=O) groups excluding carboxylic acids is 2. The molecular formula is C23H29Cl2N3O4S. The molecule has 180 valence electrons. The first-order valence-corrected chi connectivity index (χ1v) is 13.0. The van der Waals surface area contributed by atoms with Crippen LogP contribution in [0.25, 0.3) is 0 Å². The Hall–Kier alpha value is -2.29. The summed E-state index contributed by atoms with van der Waals surface area (Å²) in [6.07, 6.45) is 1.03. The summed E-state index contributed by atoms with van der Waals surface area (Å²) in [5.41, 5.74) is 1.58. The van der Waals surface area contributed by atoms with Crippen LogP contribution in [0.2, 0.25) is 10.0 Å². The molecular weight excluding hydrogens is 485 g/mol. The molecule has 1 N–H and O–H groups in total. The van der Waals surface area contributed by atoms with Crippen molar-refractivity contribution in [1.82, 2.24) is 10.2 Å². The highest BCUT2D eigenvalue weighted by Crippen LogP contribution is 2.26. The zero-order chi connectivity index (χ0) is 24.9. The number of rotatable bonds is 9. The number of benzene rings is 2. The third-order valence-corrected chi connectivity index (χ3v) is 6.73. The van der Waals surface area contributed by atoms with Crippen molar-refractivity contribution in [1.29, 1.82) is 0 Å². The minimum atomic E-state index is -3.81. The summed E-state index contributed by atoms with van der Waals surface area (Å²) in [7, 11) is -3.81. The highest BCUT2D eigenvalue weighted by atomic mass is 35.5. The average molecular weight is 514 g/mol. The van der Waals surface area contributed by atoms with Crippen molar-refractivity contribution in [2.24, 2.45) is 0 Å². The number of sulfonamides is 1. The molecule has 2 aromatic carbocycles. The molecule has 2 amide bonds. The summed E-state index contributed by atoms with van der Waals surface area (Å²) >= 11 is 12.3. The van der Waals surface area contributed by atoms with Crippen molar-refractivity contribution in [3.63, 3.8) is 0 Å². The third kappa shape index (κ3) is 7.35. The van der Waals surface area contributed by atoms with Crippen molar-refractivity contribution in [3.05, 3.63) is 63.6 Å². The number of carbonyl (C=O) groups is 2. The predicted octanol–water partition coefficient (Wildman–Crippen LogP) is 4.01. The Labute approximate surface area is 205 Å². The van der Waals surface area contributed by atoms with Gasteiger partial charge in [-0.1, -0.05) is 41.4 Å². The zero-order valence-corrected chi connectivity index (χ0v) is 21.6. The van der Waals surface area contributed by atoms with E-state index in [0.717, 1.165) is 10.6 Å². The smallest absolute Gasteiger partial charge is 0.244 e. The van der Waals surface area contributed by atoms with Crippen molar-refractivity contribution in [2.45, 2.75) is 46.3 Å². The molecule has 0 aliphatic carbocycles. The second-order valence-electron chi connectivity index (χ2n) is 8.15. The normalized spacial score (nSPS) is 12.4. The Morgan fingerprint density at radius 2 is 1.70 bits per heavy atom. The molecule has 2 aromatic rings.